The van der Waals surface area contributed by atoms with E-state index in [1.807, 2.05) is 24.3 Å². The highest BCUT2D eigenvalue weighted by Gasteiger charge is 2.02. The molecule has 3 nitrogen and oxygen atoms in total. The highest BCUT2D eigenvalue weighted by Crippen LogP contribution is 2.25. The van der Waals surface area contributed by atoms with E-state index < -0.39 is 0 Å². The molecule has 2 aromatic rings. The molecule has 0 unspecified atom stereocenters. The summed E-state index contributed by atoms with van der Waals surface area (Å²) < 4.78 is 5.66. The van der Waals surface area contributed by atoms with E-state index in [1.165, 1.54) is 0 Å². The number of aliphatic hydroxyl groups excluding tert-OH is 2. The molecule has 0 aromatic heterocycles. The average molecular weight is 230 g/mol. The van der Waals surface area contributed by atoms with Crippen LogP contribution >= 0.6 is 0 Å². The van der Waals surface area contributed by atoms with Crippen molar-refractivity contribution in [3.8, 4) is 11.5 Å². The number of hydrogen-bond acceptors (Lipinski definition) is 3. The van der Waals surface area contributed by atoms with Gasteiger partial charge in [0.1, 0.15) is 11.5 Å². The Kier molecular flexibility index (Phi) is 3.75. The van der Waals surface area contributed by atoms with Crippen LogP contribution in [-0.4, -0.2) is 10.2 Å². The fraction of sp³-hybridized carbons (Fsp3) is 0.143. The first-order chi connectivity index (χ1) is 8.33. The van der Waals surface area contributed by atoms with E-state index >= 15 is 0 Å². The van der Waals surface area contributed by atoms with Crippen molar-refractivity contribution in [2.75, 3.05) is 0 Å². The van der Waals surface area contributed by atoms with Crippen molar-refractivity contribution in [1.29, 1.82) is 0 Å². The van der Waals surface area contributed by atoms with Gasteiger partial charge in [0.15, 0.2) is 0 Å². The van der Waals surface area contributed by atoms with E-state index in [4.69, 9.17) is 14.9 Å². The van der Waals surface area contributed by atoms with Crippen molar-refractivity contribution in [2.24, 2.45) is 0 Å². The van der Waals surface area contributed by atoms with Crippen molar-refractivity contribution in [1.82, 2.24) is 0 Å². The number of ether oxygens (including phenoxy) is 1. The Hall–Kier alpha value is -1.84. The molecule has 0 bridgehead atoms. The van der Waals surface area contributed by atoms with Gasteiger partial charge in [-0.05, 0) is 23.8 Å². The van der Waals surface area contributed by atoms with Gasteiger partial charge in [-0.25, -0.2) is 0 Å². The molecule has 0 amide bonds. The van der Waals surface area contributed by atoms with Crippen LogP contribution in [0.15, 0.2) is 48.5 Å². The Labute approximate surface area is 99.9 Å². The van der Waals surface area contributed by atoms with E-state index in [9.17, 15) is 0 Å². The summed E-state index contributed by atoms with van der Waals surface area (Å²) in [5.74, 6) is 1.33. The van der Waals surface area contributed by atoms with E-state index in [0.717, 1.165) is 11.1 Å². The maximum Gasteiger partial charge on any atom is 0.132 e. The van der Waals surface area contributed by atoms with Gasteiger partial charge in [0.2, 0.25) is 0 Å². The van der Waals surface area contributed by atoms with Gasteiger partial charge in [0.05, 0.1) is 13.2 Å². The molecule has 0 heterocycles. The molecule has 0 atom stereocenters. The average Bonchev–Trinajstić information content (AvgIpc) is 2.40. The summed E-state index contributed by atoms with van der Waals surface area (Å²) in [4.78, 5) is 0. The second-order valence-corrected chi connectivity index (χ2v) is 3.67. The molecule has 2 N–H and O–H groups in total. The van der Waals surface area contributed by atoms with Crippen molar-refractivity contribution in [3.05, 3.63) is 59.7 Å². The van der Waals surface area contributed by atoms with Gasteiger partial charge in [-0.3, -0.25) is 0 Å². The Morgan fingerprint density at radius 3 is 2.18 bits per heavy atom. The Balaban J connectivity index is 2.19. The molecular formula is C14H14O3. The number of hydrogen-bond donors (Lipinski definition) is 2. The smallest absolute Gasteiger partial charge is 0.132 e. The molecule has 0 spiro atoms. The van der Waals surface area contributed by atoms with Crippen LogP contribution in [0.5, 0.6) is 11.5 Å². The lowest BCUT2D eigenvalue weighted by atomic mass is 10.2. The van der Waals surface area contributed by atoms with Gasteiger partial charge in [-0.2, -0.15) is 0 Å². The molecule has 0 saturated carbocycles. The van der Waals surface area contributed by atoms with Crippen LogP contribution in [0.2, 0.25) is 0 Å². The number of aliphatic hydroxyl groups is 2. The molecular weight excluding hydrogens is 216 g/mol. The fourth-order valence-corrected chi connectivity index (χ4v) is 1.52. The molecule has 0 aliphatic rings. The van der Waals surface area contributed by atoms with Crippen LogP contribution < -0.4 is 4.74 Å². The lowest BCUT2D eigenvalue weighted by Gasteiger charge is -2.09. The summed E-state index contributed by atoms with van der Waals surface area (Å²) in [5, 5.41) is 18.1. The summed E-state index contributed by atoms with van der Waals surface area (Å²) in [7, 11) is 0. The molecule has 3 heteroatoms. The highest BCUT2D eigenvalue weighted by molar-refractivity contribution is 5.38. The summed E-state index contributed by atoms with van der Waals surface area (Å²) >= 11 is 0. The van der Waals surface area contributed by atoms with Gasteiger partial charge in [-0.15, -0.1) is 0 Å². The summed E-state index contributed by atoms with van der Waals surface area (Å²) in [6, 6.07) is 14.5. The molecule has 0 aliphatic heterocycles. The molecule has 0 saturated heterocycles. The molecule has 2 aromatic carbocycles. The van der Waals surface area contributed by atoms with Gasteiger partial charge in [0.25, 0.3) is 0 Å². The number of rotatable bonds is 4. The first-order valence-electron chi connectivity index (χ1n) is 5.40. The first-order valence-corrected chi connectivity index (χ1v) is 5.40. The van der Waals surface area contributed by atoms with Crippen molar-refractivity contribution >= 4 is 0 Å². The minimum absolute atomic E-state index is 0.0213. The third kappa shape index (κ3) is 2.84. The van der Waals surface area contributed by atoms with E-state index in [-0.39, 0.29) is 13.2 Å². The minimum Gasteiger partial charge on any atom is -0.457 e. The third-order valence-electron chi connectivity index (χ3n) is 2.48. The molecule has 17 heavy (non-hydrogen) atoms. The maximum absolute atomic E-state index is 9.17. The Morgan fingerprint density at radius 2 is 1.53 bits per heavy atom. The molecule has 88 valence electrons. The van der Waals surface area contributed by atoms with Crippen LogP contribution in [0.3, 0.4) is 0 Å². The van der Waals surface area contributed by atoms with Gasteiger partial charge in [0, 0.05) is 5.56 Å². The molecule has 2 rings (SSSR count). The number of benzene rings is 2. The maximum atomic E-state index is 9.17. The largest absolute Gasteiger partial charge is 0.457 e. The van der Waals surface area contributed by atoms with Crippen LogP contribution in [0, 0.1) is 0 Å². The SMILES string of the molecule is OCc1ccc(Oc2ccccc2CO)cc1. The second kappa shape index (κ2) is 5.48. The molecule has 0 aliphatic carbocycles. The third-order valence-corrected chi connectivity index (χ3v) is 2.48. The quantitative estimate of drug-likeness (QED) is 0.848. The predicted molar refractivity (Wildman–Crippen MR) is 64.8 cm³/mol. The highest BCUT2D eigenvalue weighted by atomic mass is 16.5. The zero-order chi connectivity index (χ0) is 12.1. The summed E-state index contributed by atoms with van der Waals surface area (Å²) in [5.41, 5.74) is 1.59. The minimum atomic E-state index is -0.0507. The van der Waals surface area contributed by atoms with Gasteiger partial charge in [-0.1, -0.05) is 30.3 Å². The van der Waals surface area contributed by atoms with E-state index in [1.54, 1.807) is 24.3 Å². The second-order valence-electron chi connectivity index (χ2n) is 3.67. The van der Waals surface area contributed by atoms with Crippen LogP contribution in [0.25, 0.3) is 0 Å². The van der Waals surface area contributed by atoms with E-state index in [2.05, 4.69) is 0 Å². The van der Waals surface area contributed by atoms with Crippen molar-refractivity contribution < 1.29 is 14.9 Å². The molecule has 0 radical (unpaired) electrons. The fourth-order valence-electron chi connectivity index (χ4n) is 1.52. The van der Waals surface area contributed by atoms with Crippen LogP contribution in [0.4, 0.5) is 0 Å². The topological polar surface area (TPSA) is 49.7 Å². The monoisotopic (exact) mass is 230 g/mol. The van der Waals surface area contributed by atoms with Gasteiger partial charge < -0.3 is 14.9 Å². The zero-order valence-electron chi connectivity index (χ0n) is 9.34. The normalized spacial score (nSPS) is 10.2. The van der Waals surface area contributed by atoms with Gasteiger partial charge >= 0.3 is 0 Å². The standard InChI is InChI=1S/C14H14O3/c15-9-11-5-7-13(8-6-11)17-14-4-2-1-3-12(14)10-16/h1-8,15-16H,9-10H2. The lowest BCUT2D eigenvalue weighted by molar-refractivity contribution is 0.276. The predicted octanol–water partition coefficient (Wildman–Crippen LogP) is 2.46. The Bertz CT molecular complexity index is 477. The van der Waals surface area contributed by atoms with Crippen LogP contribution in [0.1, 0.15) is 11.1 Å². The summed E-state index contributed by atoms with van der Waals surface area (Å²) in [6.07, 6.45) is 0. The van der Waals surface area contributed by atoms with Crippen molar-refractivity contribution in [3.63, 3.8) is 0 Å². The van der Waals surface area contributed by atoms with Crippen molar-refractivity contribution in [2.45, 2.75) is 13.2 Å². The van der Waals surface area contributed by atoms with E-state index in [0.29, 0.717) is 11.5 Å². The summed E-state index contributed by atoms with van der Waals surface area (Å²) in [6.45, 7) is -0.0294. The lowest BCUT2D eigenvalue weighted by Crippen LogP contribution is -1.91. The molecule has 0 fully saturated rings. The zero-order valence-corrected chi connectivity index (χ0v) is 9.34. The Morgan fingerprint density at radius 1 is 0.824 bits per heavy atom. The first kappa shape index (κ1) is 11.6. The van der Waals surface area contributed by atoms with Crippen LogP contribution in [-0.2, 0) is 13.2 Å². The number of para-hydroxylation sites is 1.